The molecule has 0 aromatic heterocycles. The summed E-state index contributed by atoms with van der Waals surface area (Å²) in [6, 6.07) is 4.36. The van der Waals surface area contributed by atoms with E-state index < -0.39 is 6.04 Å². The van der Waals surface area contributed by atoms with Gasteiger partial charge in [-0.3, -0.25) is 9.59 Å². The normalized spacial score (nSPS) is 12.1. The van der Waals surface area contributed by atoms with Crippen LogP contribution in [0.2, 0.25) is 5.02 Å². The van der Waals surface area contributed by atoms with E-state index in [1.165, 1.54) is 0 Å². The van der Waals surface area contributed by atoms with Crippen molar-refractivity contribution in [3.05, 3.63) is 33.3 Å². The number of benzene rings is 1. The molecular weight excluding hydrogens is 344 g/mol. The van der Waals surface area contributed by atoms with Gasteiger partial charge in [0.1, 0.15) is 6.04 Å². The van der Waals surface area contributed by atoms with Crippen LogP contribution in [0.15, 0.2) is 22.7 Å². The molecule has 1 unspecified atom stereocenters. The lowest BCUT2D eigenvalue weighted by atomic mass is 10.0. The summed E-state index contributed by atoms with van der Waals surface area (Å²) in [5.41, 5.74) is 0.451. The van der Waals surface area contributed by atoms with Crippen LogP contribution < -0.4 is 10.6 Å². The SMILES string of the molecule is CNC(=O)C(CC(C)C)NC(=O)c1ccc(Cl)cc1Br. The van der Waals surface area contributed by atoms with Gasteiger partial charge in [0.25, 0.3) is 5.91 Å². The van der Waals surface area contributed by atoms with Crippen molar-refractivity contribution in [2.24, 2.45) is 5.92 Å². The molecule has 6 heteroatoms. The van der Waals surface area contributed by atoms with E-state index in [1.807, 2.05) is 13.8 Å². The molecule has 2 N–H and O–H groups in total. The van der Waals surface area contributed by atoms with Gasteiger partial charge in [0.2, 0.25) is 5.91 Å². The molecule has 20 heavy (non-hydrogen) atoms. The molecule has 0 heterocycles. The average molecular weight is 362 g/mol. The number of carbonyl (C=O) groups excluding carboxylic acids is 2. The van der Waals surface area contributed by atoms with Gasteiger partial charge in [-0.2, -0.15) is 0 Å². The highest BCUT2D eigenvalue weighted by Crippen LogP contribution is 2.21. The standard InChI is InChI=1S/C14H18BrClN2O2/c1-8(2)6-12(14(20)17-3)18-13(19)10-5-4-9(16)7-11(10)15/h4-5,7-8,12H,6H2,1-3H3,(H,17,20)(H,18,19). The second-order valence-electron chi connectivity index (χ2n) is 4.89. The van der Waals surface area contributed by atoms with Gasteiger partial charge >= 0.3 is 0 Å². The molecule has 1 rings (SSSR count). The Morgan fingerprint density at radius 2 is 2.00 bits per heavy atom. The summed E-state index contributed by atoms with van der Waals surface area (Å²) in [6.45, 7) is 4.00. The number of nitrogens with one attached hydrogen (secondary N) is 2. The van der Waals surface area contributed by atoms with Gasteiger partial charge in [-0.05, 0) is 46.5 Å². The fraction of sp³-hybridized carbons (Fsp3) is 0.429. The molecule has 0 saturated carbocycles. The van der Waals surface area contributed by atoms with Gasteiger partial charge < -0.3 is 10.6 Å². The predicted octanol–water partition coefficient (Wildman–Crippen LogP) is 2.99. The molecule has 0 aliphatic carbocycles. The summed E-state index contributed by atoms with van der Waals surface area (Å²) in [7, 11) is 1.56. The molecule has 0 aliphatic heterocycles. The van der Waals surface area contributed by atoms with Gasteiger partial charge in [-0.1, -0.05) is 25.4 Å². The maximum Gasteiger partial charge on any atom is 0.253 e. The van der Waals surface area contributed by atoms with E-state index >= 15 is 0 Å². The molecule has 2 amide bonds. The van der Waals surface area contributed by atoms with Crippen LogP contribution in [0.5, 0.6) is 0 Å². The van der Waals surface area contributed by atoms with E-state index in [-0.39, 0.29) is 11.8 Å². The maximum absolute atomic E-state index is 12.2. The molecular formula is C14H18BrClN2O2. The van der Waals surface area contributed by atoms with Crippen molar-refractivity contribution in [3.63, 3.8) is 0 Å². The van der Waals surface area contributed by atoms with Crippen molar-refractivity contribution in [3.8, 4) is 0 Å². The predicted molar refractivity (Wildman–Crippen MR) is 83.9 cm³/mol. The van der Waals surface area contributed by atoms with Crippen LogP contribution in [0.25, 0.3) is 0 Å². The van der Waals surface area contributed by atoms with E-state index in [1.54, 1.807) is 25.2 Å². The number of halogens is 2. The molecule has 0 saturated heterocycles. The summed E-state index contributed by atoms with van der Waals surface area (Å²) in [5, 5.41) is 5.86. The lowest BCUT2D eigenvalue weighted by molar-refractivity contribution is -0.122. The van der Waals surface area contributed by atoms with Crippen LogP contribution in [0.1, 0.15) is 30.6 Å². The molecule has 0 radical (unpaired) electrons. The van der Waals surface area contributed by atoms with E-state index in [9.17, 15) is 9.59 Å². The van der Waals surface area contributed by atoms with Gasteiger partial charge in [-0.15, -0.1) is 0 Å². The minimum absolute atomic E-state index is 0.197. The maximum atomic E-state index is 12.2. The fourth-order valence-electron chi connectivity index (χ4n) is 1.79. The molecule has 4 nitrogen and oxygen atoms in total. The lowest BCUT2D eigenvalue weighted by Crippen LogP contribution is -2.46. The highest BCUT2D eigenvalue weighted by molar-refractivity contribution is 9.10. The Balaban J connectivity index is 2.87. The monoisotopic (exact) mass is 360 g/mol. The number of amides is 2. The Morgan fingerprint density at radius 1 is 1.35 bits per heavy atom. The molecule has 0 aliphatic rings. The molecule has 1 atom stereocenters. The zero-order chi connectivity index (χ0) is 15.3. The highest BCUT2D eigenvalue weighted by Gasteiger charge is 2.22. The van der Waals surface area contributed by atoms with Crippen molar-refractivity contribution in [1.82, 2.24) is 10.6 Å². The summed E-state index contributed by atoms with van der Waals surface area (Å²) < 4.78 is 0.600. The molecule has 0 fully saturated rings. The first-order valence-electron chi connectivity index (χ1n) is 6.32. The van der Waals surface area contributed by atoms with Crippen LogP contribution in [-0.2, 0) is 4.79 Å². The van der Waals surface area contributed by atoms with Crippen LogP contribution in [0.4, 0.5) is 0 Å². The minimum Gasteiger partial charge on any atom is -0.357 e. The third-order valence-electron chi connectivity index (χ3n) is 2.75. The van der Waals surface area contributed by atoms with Gasteiger partial charge in [0.15, 0.2) is 0 Å². The Morgan fingerprint density at radius 3 is 2.50 bits per heavy atom. The topological polar surface area (TPSA) is 58.2 Å². The number of hydrogen-bond acceptors (Lipinski definition) is 2. The molecule has 1 aromatic carbocycles. The zero-order valence-corrected chi connectivity index (χ0v) is 14.0. The quantitative estimate of drug-likeness (QED) is 0.847. The van der Waals surface area contributed by atoms with E-state index in [0.29, 0.717) is 27.4 Å². The highest BCUT2D eigenvalue weighted by atomic mass is 79.9. The summed E-state index contributed by atoms with van der Waals surface area (Å²) in [5.74, 6) is -0.203. The average Bonchev–Trinajstić information content (AvgIpc) is 2.36. The van der Waals surface area contributed by atoms with Crippen molar-refractivity contribution in [2.75, 3.05) is 7.05 Å². The Hall–Kier alpha value is -1.07. The number of likely N-dealkylation sites (N-methyl/N-ethyl adjacent to an activating group) is 1. The Bertz CT molecular complexity index is 506. The molecule has 110 valence electrons. The third kappa shape index (κ3) is 4.80. The first-order valence-corrected chi connectivity index (χ1v) is 7.49. The smallest absolute Gasteiger partial charge is 0.253 e. The summed E-state index contributed by atoms with van der Waals surface area (Å²) >= 11 is 9.14. The minimum atomic E-state index is -0.546. The van der Waals surface area contributed by atoms with E-state index in [0.717, 1.165) is 0 Å². The van der Waals surface area contributed by atoms with Crippen LogP contribution in [-0.4, -0.2) is 24.9 Å². The van der Waals surface area contributed by atoms with Gasteiger partial charge in [0.05, 0.1) is 5.56 Å². The molecule has 1 aromatic rings. The second kappa shape index (κ2) is 7.64. The first kappa shape index (κ1) is 17.0. The van der Waals surface area contributed by atoms with Gasteiger partial charge in [0, 0.05) is 16.5 Å². The zero-order valence-electron chi connectivity index (χ0n) is 11.7. The van der Waals surface area contributed by atoms with E-state index in [4.69, 9.17) is 11.6 Å². The van der Waals surface area contributed by atoms with Crippen molar-refractivity contribution < 1.29 is 9.59 Å². The lowest BCUT2D eigenvalue weighted by Gasteiger charge is -2.19. The second-order valence-corrected chi connectivity index (χ2v) is 6.18. The molecule has 0 spiro atoms. The van der Waals surface area contributed by atoms with Crippen LogP contribution >= 0.6 is 27.5 Å². The van der Waals surface area contributed by atoms with Crippen LogP contribution in [0.3, 0.4) is 0 Å². The number of carbonyl (C=O) groups is 2. The van der Waals surface area contributed by atoms with E-state index in [2.05, 4.69) is 26.6 Å². The first-order chi connectivity index (χ1) is 9.35. The molecule has 0 bridgehead atoms. The van der Waals surface area contributed by atoms with Gasteiger partial charge in [-0.25, -0.2) is 0 Å². The van der Waals surface area contributed by atoms with Crippen molar-refractivity contribution in [1.29, 1.82) is 0 Å². The van der Waals surface area contributed by atoms with Crippen molar-refractivity contribution in [2.45, 2.75) is 26.3 Å². The number of rotatable bonds is 5. The Labute approximate surface area is 132 Å². The summed E-state index contributed by atoms with van der Waals surface area (Å²) in [4.78, 5) is 24.0. The van der Waals surface area contributed by atoms with Crippen LogP contribution in [0, 0.1) is 5.92 Å². The number of hydrogen-bond donors (Lipinski definition) is 2. The Kier molecular flexibility index (Phi) is 6.49. The fourth-order valence-corrected chi connectivity index (χ4v) is 2.65. The summed E-state index contributed by atoms with van der Waals surface area (Å²) in [6.07, 6.45) is 0.580. The largest absolute Gasteiger partial charge is 0.357 e. The van der Waals surface area contributed by atoms with Crippen molar-refractivity contribution >= 4 is 39.3 Å². The third-order valence-corrected chi connectivity index (χ3v) is 3.64.